The molecule has 1 unspecified atom stereocenters. The second kappa shape index (κ2) is 14.9. The van der Waals surface area contributed by atoms with Crippen molar-refractivity contribution >= 4 is 0 Å². The number of hydrogen-bond acceptors (Lipinski definition) is 2. The van der Waals surface area contributed by atoms with Crippen LogP contribution in [-0.2, 0) is 4.74 Å². The second-order valence-corrected chi connectivity index (χ2v) is 10.5. The number of hydrogen-bond donors (Lipinski definition) is 0. The Labute approximate surface area is 194 Å². The quantitative estimate of drug-likeness (QED) is 0.139. The van der Waals surface area contributed by atoms with Gasteiger partial charge in [0, 0.05) is 6.54 Å². The predicted molar refractivity (Wildman–Crippen MR) is 139 cm³/mol. The Morgan fingerprint density at radius 3 is 1.84 bits per heavy atom. The molecular weight excluding hydrogens is 378 g/mol. The normalized spacial score (nSPS) is 19.1. The van der Waals surface area contributed by atoms with Gasteiger partial charge in [-0.2, -0.15) is 0 Å². The summed E-state index contributed by atoms with van der Waals surface area (Å²) in [7, 11) is 2.25. The maximum atomic E-state index is 5.68. The Morgan fingerprint density at radius 2 is 1.26 bits per heavy atom. The lowest BCUT2D eigenvalue weighted by atomic mass is 10.0. The Kier molecular flexibility index (Phi) is 13.4. The Morgan fingerprint density at radius 1 is 0.742 bits per heavy atom. The Bertz CT molecular complexity index is 631. The Balaban J connectivity index is 2.08. The number of rotatable bonds is 16. The maximum Gasteiger partial charge on any atom is 0.0892 e. The van der Waals surface area contributed by atoms with Crippen molar-refractivity contribution in [3.63, 3.8) is 0 Å². The van der Waals surface area contributed by atoms with E-state index in [2.05, 4.69) is 84.7 Å². The highest BCUT2D eigenvalue weighted by Crippen LogP contribution is 2.38. The molecule has 1 saturated heterocycles. The molecule has 0 N–H and O–H groups in total. The molecule has 1 aliphatic heterocycles. The van der Waals surface area contributed by atoms with E-state index in [9.17, 15) is 0 Å². The summed E-state index contributed by atoms with van der Waals surface area (Å²) >= 11 is 0. The molecule has 0 amide bonds. The van der Waals surface area contributed by atoms with Crippen molar-refractivity contribution in [2.24, 2.45) is 0 Å². The van der Waals surface area contributed by atoms with Crippen LogP contribution in [0.25, 0.3) is 0 Å². The lowest BCUT2D eigenvalue weighted by Gasteiger charge is -2.15. The summed E-state index contributed by atoms with van der Waals surface area (Å²) in [5.41, 5.74) is 6.14. The molecule has 0 saturated carbocycles. The zero-order valence-electron chi connectivity index (χ0n) is 22.0. The lowest BCUT2D eigenvalue weighted by molar-refractivity contribution is 0.320. The first-order valence-corrected chi connectivity index (χ1v) is 12.6. The van der Waals surface area contributed by atoms with Gasteiger partial charge >= 0.3 is 0 Å². The van der Waals surface area contributed by atoms with Crippen molar-refractivity contribution in [2.45, 2.75) is 118 Å². The summed E-state index contributed by atoms with van der Waals surface area (Å²) in [5, 5.41) is 0. The van der Waals surface area contributed by atoms with Crippen molar-refractivity contribution in [3.8, 4) is 0 Å². The van der Waals surface area contributed by atoms with E-state index in [1.165, 1.54) is 80.2 Å². The average molecular weight is 430 g/mol. The van der Waals surface area contributed by atoms with Gasteiger partial charge in [0.1, 0.15) is 0 Å². The second-order valence-electron chi connectivity index (χ2n) is 10.5. The van der Waals surface area contributed by atoms with Gasteiger partial charge in [-0.25, -0.2) is 0 Å². The van der Waals surface area contributed by atoms with E-state index in [0.717, 1.165) is 13.0 Å². The SMILES string of the molecule is CC(C)=CCC/C(C)=C/CCC(C)=CCCCN(C)CC/C=C(\C)CCC1OC1(C)C. The molecule has 0 aromatic rings. The van der Waals surface area contributed by atoms with Crippen molar-refractivity contribution in [1.82, 2.24) is 4.90 Å². The van der Waals surface area contributed by atoms with E-state index in [1.807, 2.05) is 0 Å². The highest BCUT2D eigenvalue weighted by Gasteiger charge is 2.46. The third-order valence-corrected chi connectivity index (χ3v) is 6.33. The number of allylic oxidation sites excluding steroid dienone is 7. The van der Waals surface area contributed by atoms with Crippen LogP contribution in [0.4, 0.5) is 0 Å². The minimum absolute atomic E-state index is 0.133. The van der Waals surface area contributed by atoms with Gasteiger partial charge in [0.2, 0.25) is 0 Å². The summed E-state index contributed by atoms with van der Waals surface area (Å²) in [4.78, 5) is 2.47. The van der Waals surface area contributed by atoms with Gasteiger partial charge in [-0.1, -0.05) is 46.6 Å². The maximum absolute atomic E-state index is 5.68. The van der Waals surface area contributed by atoms with Crippen molar-refractivity contribution in [3.05, 3.63) is 46.6 Å². The molecule has 31 heavy (non-hydrogen) atoms. The molecule has 0 aromatic heterocycles. The van der Waals surface area contributed by atoms with Crippen LogP contribution >= 0.6 is 0 Å². The summed E-state index contributed by atoms with van der Waals surface area (Å²) < 4.78 is 5.68. The van der Waals surface area contributed by atoms with Crippen LogP contribution in [0, 0.1) is 0 Å². The average Bonchev–Trinajstić information content (AvgIpc) is 3.30. The molecule has 1 rings (SSSR count). The highest BCUT2D eigenvalue weighted by atomic mass is 16.6. The first-order chi connectivity index (χ1) is 14.6. The molecule has 1 atom stereocenters. The van der Waals surface area contributed by atoms with E-state index >= 15 is 0 Å². The van der Waals surface area contributed by atoms with E-state index in [1.54, 1.807) is 0 Å². The van der Waals surface area contributed by atoms with Crippen LogP contribution in [0.15, 0.2) is 46.6 Å². The number of epoxide rings is 1. The first kappa shape index (κ1) is 27.9. The van der Waals surface area contributed by atoms with Gasteiger partial charge in [0.15, 0.2) is 0 Å². The van der Waals surface area contributed by atoms with Crippen LogP contribution in [0.2, 0.25) is 0 Å². The molecule has 1 heterocycles. The van der Waals surface area contributed by atoms with Crippen molar-refractivity contribution < 1.29 is 4.74 Å². The lowest BCUT2D eigenvalue weighted by Crippen LogP contribution is -2.20. The molecule has 0 aliphatic carbocycles. The minimum atomic E-state index is 0.133. The smallest absolute Gasteiger partial charge is 0.0892 e. The van der Waals surface area contributed by atoms with E-state index in [-0.39, 0.29) is 5.60 Å². The zero-order chi connectivity index (χ0) is 23.3. The van der Waals surface area contributed by atoms with Crippen LogP contribution in [-0.4, -0.2) is 36.7 Å². The topological polar surface area (TPSA) is 15.8 Å². The molecule has 0 radical (unpaired) electrons. The summed E-state index contributed by atoms with van der Waals surface area (Å²) in [6.45, 7) is 17.9. The van der Waals surface area contributed by atoms with E-state index in [4.69, 9.17) is 4.74 Å². The summed E-state index contributed by atoms with van der Waals surface area (Å²) in [6, 6.07) is 0. The van der Waals surface area contributed by atoms with Crippen molar-refractivity contribution in [1.29, 1.82) is 0 Å². The fourth-order valence-electron chi connectivity index (χ4n) is 3.89. The molecular formula is C29H51NO. The van der Waals surface area contributed by atoms with Gasteiger partial charge in [-0.3, -0.25) is 0 Å². The Hall–Kier alpha value is -1.12. The number of ether oxygens (including phenoxy) is 1. The third-order valence-electron chi connectivity index (χ3n) is 6.33. The minimum Gasteiger partial charge on any atom is -0.367 e. The fraction of sp³-hybridized carbons (Fsp3) is 0.724. The molecule has 0 bridgehead atoms. The standard InChI is InChI=1S/C29H51NO/c1-24(2)14-11-16-26(4)18-12-17-25(3)15-9-10-22-30(8)23-13-19-27(5)20-21-28-29(6,7)31-28/h14-15,18-19,28H,9-13,16-17,20-23H2,1-8H3/b25-15?,26-18+,27-19+. The molecule has 0 aromatic carbocycles. The molecule has 1 aliphatic rings. The third kappa shape index (κ3) is 14.5. The largest absolute Gasteiger partial charge is 0.367 e. The molecule has 2 heteroatoms. The highest BCUT2D eigenvalue weighted by molar-refractivity contribution is 5.05. The van der Waals surface area contributed by atoms with Crippen LogP contribution in [0.1, 0.15) is 106 Å². The van der Waals surface area contributed by atoms with Gasteiger partial charge in [0.05, 0.1) is 11.7 Å². The van der Waals surface area contributed by atoms with Crippen LogP contribution in [0.3, 0.4) is 0 Å². The van der Waals surface area contributed by atoms with Gasteiger partial charge in [-0.05, 0) is 120 Å². The van der Waals surface area contributed by atoms with Crippen LogP contribution < -0.4 is 0 Å². The zero-order valence-corrected chi connectivity index (χ0v) is 22.0. The molecule has 178 valence electrons. The molecule has 2 nitrogen and oxygen atoms in total. The first-order valence-electron chi connectivity index (χ1n) is 12.6. The fourth-order valence-corrected chi connectivity index (χ4v) is 3.89. The predicted octanol–water partition coefficient (Wildman–Crippen LogP) is 8.41. The monoisotopic (exact) mass is 429 g/mol. The van der Waals surface area contributed by atoms with Gasteiger partial charge < -0.3 is 9.64 Å². The molecule has 0 spiro atoms. The van der Waals surface area contributed by atoms with Gasteiger partial charge in [-0.15, -0.1) is 0 Å². The molecule has 1 fully saturated rings. The number of nitrogens with zero attached hydrogens (tertiary/aromatic N) is 1. The van der Waals surface area contributed by atoms with Gasteiger partial charge in [0.25, 0.3) is 0 Å². The van der Waals surface area contributed by atoms with E-state index < -0.39 is 0 Å². The summed E-state index contributed by atoms with van der Waals surface area (Å²) in [6.07, 6.45) is 20.8. The van der Waals surface area contributed by atoms with Crippen molar-refractivity contribution in [2.75, 3.05) is 20.1 Å². The van der Waals surface area contributed by atoms with Crippen LogP contribution in [0.5, 0.6) is 0 Å². The van der Waals surface area contributed by atoms with E-state index in [0.29, 0.717) is 6.10 Å². The summed E-state index contributed by atoms with van der Waals surface area (Å²) in [5.74, 6) is 0. The number of unbranched alkanes of at least 4 members (excludes halogenated alkanes) is 1.